The van der Waals surface area contributed by atoms with E-state index in [0.717, 1.165) is 31.6 Å². The number of aliphatic hydroxyl groups excluding tert-OH is 1. The second kappa shape index (κ2) is 9.66. The Morgan fingerprint density at radius 3 is 2.71 bits per heavy atom. The van der Waals surface area contributed by atoms with Crippen molar-refractivity contribution in [2.75, 3.05) is 38.1 Å². The minimum Gasteiger partial charge on any atom is -0.392 e. The molecule has 1 fully saturated rings. The van der Waals surface area contributed by atoms with E-state index >= 15 is 0 Å². The van der Waals surface area contributed by atoms with Crippen LogP contribution in [0.5, 0.6) is 0 Å². The molecule has 1 aliphatic rings. The first-order valence-electron chi connectivity index (χ1n) is 10.0. The summed E-state index contributed by atoms with van der Waals surface area (Å²) in [6, 6.07) is 14.2. The first-order valence-corrected chi connectivity index (χ1v) is 10.0. The number of carbonyl (C=O) groups excluding carboxylic acids is 1. The van der Waals surface area contributed by atoms with Crippen molar-refractivity contribution in [2.45, 2.75) is 31.9 Å². The lowest BCUT2D eigenvalue weighted by molar-refractivity contribution is 0.0948. The number of aliphatic hydroxyl groups is 1. The van der Waals surface area contributed by atoms with Crippen LogP contribution in [0.15, 0.2) is 48.7 Å². The molecule has 0 spiro atoms. The molecule has 2 heterocycles. The van der Waals surface area contributed by atoms with Crippen LogP contribution in [0.25, 0.3) is 0 Å². The van der Waals surface area contributed by atoms with Crippen LogP contribution >= 0.6 is 0 Å². The fourth-order valence-corrected chi connectivity index (χ4v) is 3.59. The molecule has 6 nitrogen and oxygen atoms in total. The third-order valence-corrected chi connectivity index (χ3v) is 5.25. The van der Waals surface area contributed by atoms with Gasteiger partial charge in [0.1, 0.15) is 5.69 Å². The lowest BCUT2D eigenvalue weighted by atomic mass is 10.0. The number of pyridine rings is 1. The van der Waals surface area contributed by atoms with Gasteiger partial charge in [-0.15, -0.1) is 0 Å². The van der Waals surface area contributed by atoms with Crippen molar-refractivity contribution < 1.29 is 9.90 Å². The van der Waals surface area contributed by atoms with Crippen molar-refractivity contribution in [1.82, 2.24) is 15.2 Å². The largest absolute Gasteiger partial charge is 0.392 e. The molecule has 1 amide bonds. The molecule has 150 valence electrons. The summed E-state index contributed by atoms with van der Waals surface area (Å²) in [5.74, 6) is -0.137. The quantitative estimate of drug-likeness (QED) is 0.734. The number of aromatic nitrogens is 1. The normalized spacial score (nSPS) is 18.0. The maximum atomic E-state index is 12.1. The van der Waals surface area contributed by atoms with Crippen molar-refractivity contribution in [2.24, 2.45) is 0 Å². The first kappa shape index (κ1) is 20.3. The van der Waals surface area contributed by atoms with E-state index in [1.54, 1.807) is 12.3 Å². The number of β-amino-alcohol motifs (C(OH)–C–C–N with tert-alkyl or cyclic N) is 1. The molecular weight excluding hydrogens is 352 g/mol. The lowest BCUT2D eigenvalue weighted by Gasteiger charge is -2.33. The maximum absolute atomic E-state index is 12.1. The Labute approximate surface area is 167 Å². The molecular formula is C22H30N4O2. The van der Waals surface area contributed by atoms with E-state index < -0.39 is 0 Å². The average molecular weight is 383 g/mol. The highest BCUT2D eigenvalue weighted by Crippen LogP contribution is 2.27. The van der Waals surface area contributed by atoms with Crippen LogP contribution in [0, 0.1) is 0 Å². The van der Waals surface area contributed by atoms with Gasteiger partial charge in [-0.25, -0.2) is 4.98 Å². The molecule has 0 bridgehead atoms. The second-order valence-electron chi connectivity index (χ2n) is 7.40. The number of rotatable bonds is 8. The zero-order chi connectivity index (χ0) is 19.9. The molecule has 1 aromatic carbocycles. The van der Waals surface area contributed by atoms with Gasteiger partial charge in [0, 0.05) is 33.2 Å². The molecule has 1 aromatic heterocycles. The van der Waals surface area contributed by atoms with Crippen LogP contribution in [0.1, 0.15) is 41.9 Å². The van der Waals surface area contributed by atoms with E-state index in [9.17, 15) is 9.90 Å². The smallest absolute Gasteiger partial charge is 0.269 e. The van der Waals surface area contributed by atoms with Crippen molar-refractivity contribution in [1.29, 1.82) is 0 Å². The Morgan fingerprint density at radius 1 is 1.32 bits per heavy atom. The molecule has 0 radical (unpaired) electrons. The summed E-state index contributed by atoms with van der Waals surface area (Å²) in [6.07, 6.45) is 3.25. The van der Waals surface area contributed by atoms with Gasteiger partial charge < -0.3 is 15.3 Å². The van der Waals surface area contributed by atoms with E-state index in [-0.39, 0.29) is 18.1 Å². The number of nitrogens with one attached hydrogen (secondary N) is 1. The Morgan fingerprint density at radius 2 is 2.11 bits per heavy atom. The topological polar surface area (TPSA) is 68.7 Å². The van der Waals surface area contributed by atoms with Crippen LogP contribution in [-0.2, 0) is 0 Å². The number of amides is 1. The standard InChI is InChI=1S/C22H30N4O2/c1-3-12-23-22(28)20-10-9-18(14-24-20)25(2)21(17-7-5-4-6-8-17)16-26-13-11-19(27)15-26/h4-10,14,19,21,27H,3,11-13,15-16H2,1-2H3,(H,23,28). The van der Waals surface area contributed by atoms with Gasteiger partial charge in [-0.3, -0.25) is 9.69 Å². The molecule has 1 saturated heterocycles. The number of hydrogen-bond donors (Lipinski definition) is 2. The number of likely N-dealkylation sites (N-methyl/N-ethyl adjacent to an activating group) is 1. The minimum absolute atomic E-state index is 0.132. The van der Waals surface area contributed by atoms with Crippen molar-refractivity contribution in [3.8, 4) is 0 Å². The Hall–Kier alpha value is -2.44. The summed E-state index contributed by atoms with van der Waals surface area (Å²) in [7, 11) is 2.05. The third kappa shape index (κ3) is 5.09. The van der Waals surface area contributed by atoms with Crippen LogP contribution in [-0.4, -0.2) is 60.2 Å². The Bertz CT molecular complexity index is 751. The molecule has 2 N–H and O–H groups in total. The van der Waals surface area contributed by atoms with Gasteiger partial charge in [0.2, 0.25) is 0 Å². The molecule has 2 unspecified atom stereocenters. The van der Waals surface area contributed by atoms with Gasteiger partial charge in [0.15, 0.2) is 0 Å². The zero-order valence-corrected chi connectivity index (χ0v) is 16.7. The van der Waals surface area contributed by atoms with Crippen LogP contribution in [0.4, 0.5) is 5.69 Å². The highest BCUT2D eigenvalue weighted by atomic mass is 16.3. The van der Waals surface area contributed by atoms with Crippen LogP contribution in [0.3, 0.4) is 0 Å². The molecule has 2 aromatic rings. The second-order valence-corrected chi connectivity index (χ2v) is 7.40. The zero-order valence-electron chi connectivity index (χ0n) is 16.7. The molecule has 1 aliphatic heterocycles. The summed E-state index contributed by atoms with van der Waals surface area (Å²) < 4.78 is 0. The molecule has 6 heteroatoms. The van der Waals surface area contributed by atoms with Crippen LogP contribution < -0.4 is 10.2 Å². The van der Waals surface area contributed by atoms with Crippen molar-refractivity contribution in [3.05, 3.63) is 59.9 Å². The fraction of sp³-hybridized carbons (Fsp3) is 0.455. The number of likely N-dealkylation sites (tertiary alicyclic amines) is 1. The average Bonchev–Trinajstić information content (AvgIpc) is 3.15. The molecule has 2 atom stereocenters. The summed E-state index contributed by atoms with van der Waals surface area (Å²) in [6.45, 7) is 5.13. The summed E-state index contributed by atoms with van der Waals surface area (Å²) in [5.41, 5.74) is 2.61. The fourth-order valence-electron chi connectivity index (χ4n) is 3.59. The molecule has 3 rings (SSSR count). The highest BCUT2D eigenvalue weighted by molar-refractivity contribution is 5.92. The number of anilines is 1. The summed E-state index contributed by atoms with van der Waals surface area (Å²) >= 11 is 0. The summed E-state index contributed by atoms with van der Waals surface area (Å²) in [4.78, 5) is 20.9. The summed E-state index contributed by atoms with van der Waals surface area (Å²) in [5, 5.41) is 12.7. The van der Waals surface area contributed by atoms with E-state index in [4.69, 9.17) is 0 Å². The van der Waals surface area contributed by atoms with Gasteiger partial charge in [0.05, 0.1) is 24.0 Å². The van der Waals surface area contributed by atoms with Crippen LogP contribution in [0.2, 0.25) is 0 Å². The monoisotopic (exact) mass is 382 g/mol. The predicted octanol–water partition coefficient (Wildman–Crippen LogP) is 2.47. The number of nitrogens with zero attached hydrogens (tertiary/aromatic N) is 3. The molecule has 0 aliphatic carbocycles. The number of benzene rings is 1. The minimum atomic E-state index is -0.232. The van der Waals surface area contributed by atoms with E-state index in [1.165, 1.54) is 5.56 Å². The Balaban J connectivity index is 1.76. The van der Waals surface area contributed by atoms with Gasteiger partial charge >= 0.3 is 0 Å². The number of carbonyl (C=O) groups is 1. The first-order chi connectivity index (χ1) is 13.6. The van der Waals surface area contributed by atoms with Crippen molar-refractivity contribution in [3.63, 3.8) is 0 Å². The number of hydrogen-bond acceptors (Lipinski definition) is 5. The molecule has 0 saturated carbocycles. The SMILES string of the molecule is CCCNC(=O)c1ccc(N(C)C(CN2CCC(O)C2)c2ccccc2)cn1. The maximum Gasteiger partial charge on any atom is 0.269 e. The van der Waals surface area contributed by atoms with E-state index in [0.29, 0.717) is 18.8 Å². The van der Waals surface area contributed by atoms with E-state index in [2.05, 4.69) is 51.4 Å². The lowest BCUT2D eigenvalue weighted by Crippen LogP contribution is -2.36. The van der Waals surface area contributed by atoms with Gasteiger partial charge in [-0.2, -0.15) is 0 Å². The molecule has 28 heavy (non-hydrogen) atoms. The third-order valence-electron chi connectivity index (χ3n) is 5.25. The van der Waals surface area contributed by atoms with Gasteiger partial charge in [-0.05, 0) is 30.5 Å². The Kier molecular flexibility index (Phi) is 7.01. The highest BCUT2D eigenvalue weighted by Gasteiger charge is 2.26. The van der Waals surface area contributed by atoms with Gasteiger partial charge in [0.25, 0.3) is 5.91 Å². The predicted molar refractivity (Wildman–Crippen MR) is 112 cm³/mol. The van der Waals surface area contributed by atoms with Gasteiger partial charge in [-0.1, -0.05) is 37.3 Å². The van der Waals surface area contributed by atoms with E-state index in [1.807, 2.05) is 19.1 Å². The van der Waals surface area contributed by atoms with Crippen molar-refractivity contribution >= 4 is 11.6 Å².